The third-order valence-electron chi connectivity index (χ3n) is 3.14. The van der Waals surface area contributed by atoms with Crippen molar-refractivity contribution in [1.29, 1.82) is 0 Å². The molecule has 0 saturated heterocycles. The molecular formula is C14H19F3O. The van der Waals surface area contributed by atoms with Gasteiger partial charge in [0.25, 0.3) is 0 Å². The lowest BCUT2D eigenvalue weighted by atomic mass is 9.88. The topological polar surface area (TPSA) is 9.23 Å². The largest absolute Gasteiger partial charge is 0.497 e. The molecule has 0 bridgehead atoms. The van der Waals surface area contributed by atoms with Crippen LogP contribution in [0.1, 0.15) is 50.2 Å². The van der Waals surface area contributed by atoms with Gasteiger partial charge in [-0.15, -0.1) is 0 Å². The monoisotopic (exact) mass is 260 g/mol. The van der Waals surface area contributed by atoms with Gasteiger partial charge in [-0.25, -0.2) is 0 Å². The van der Waals surface area contributed by atoms with E-state index in [0.717, 1.165) is 18.9 Å². The van der Waals surface area contributed by atoms with E-state index in [1.807, 2.05) is 13.8 Å². The summed E-state index contributed by atoms with van der Waals surface area (Å²) in [5.41, 5.74) is -0.185. The van der Waals surface area contributed by atoms with Gasteiger partial charge in [0.2, 0.25) is 0 Å². The van der Waals surface area contributed by atoms with Crippen molar-refractivity contribution in [2.24, 2.45) is 0 Å². The molecule has 0 aliphatic heterocycles. The number of benzene rings is 1. The molecular weight excluding hydrogens is 241 g/mol. The van der Waals surface area contributed by atoms with Gasteiger partial charge in [0, 0.05) is 0 Å². The van der Waals surface area contributed by atoms with Crippen LogP contribution >= 0.6 is 0 Å². The van der Waals surface area contributed by atoms with Crippen LogP contribution in [0.15, 0.2) is 18.2 Å². The Labute approximate surface area is 106 Å². The fourth-order valence-electron chi connectivity index (χ4n) is 2.19. The minimum Gasteiger partial charge on any atom is -0.497 e. The molecule has 0 heterocycles. The molecule has 102 valence electrons. The Hall–Kier alpha value is -1.19. The van der Waals surface area contributed by atoms with Crippen LogP contribution in [0.5, 0.6) is 5.75 Å². The van der Waals surface area contributed by atoms with E-state index in [4.69, 9.17) is 4.74 Å². The highest BCUT2D eigenvalue weighted by Gasteiger charge is 2.35. The Kier molecular flexibility index (Phi) is 5.05. The molecule has 0 N–H and O–H groups in total. The smallest absolute Gasteiger partial charge is 0.416 e. The first kappa shape index (κ1) is 14.9. The molecule has 0 radical (unpaired) electrons. The molecule has 1 atom stereocenters. The molecule has 1 unspecified atom stereocenters. The molecule has 1 aromatic carbocycles. The predicted molar refractivity (Wildman–Crippen MR) is 65.9 cm³/mol. The maximum Gasteiger partial charge on any atom is 0.416 e. The summed E-state index contributed by atoms with van der Waals surface area (Å²) in [6.07, 6.45) is -1.97. The molecule has 0 saturated carbocycles. The molecule has 4 heteroatoms. The van der Waals surface area contributed by atoms with Gasteiger partial charge in [-0.3, -0.25) is 0 Å². The zero-order valence-corrected chi connectivity index (χ0v) is 11.0. The van der Waals surface area contributed by atoms with Crippen LogP contribution in [0.2, 0.25) is 0 Å². The molecule has 0 aliphatic carbocycles. The zero-order chi connectivity index (χ0) is 13.8. The molecule has 0 aromatic heterocycles. The number of rotatable bonds is 5. The van der Waals surface area contributed by atoms with Gasteiger partial charge in [0.05, 0.1) is 12.7 Å². The van der Waals surface area contributed by atoms with Crippen LogP contribution in [0.4, 0.5) is 13.2 Å². The van der Waals surface area contributed by atoms with Gasteiger partial charge in [-0.2, -0.15) is 13.2 Å². The second kappa shape index (κ2) is 6.12. The first-order chi connectivity index (χ1) is 8.43. The number of hydrogen-bond donors (Lipinski definition) is 0. The summed E-state index contributed by atoms with van der Waals surface area (Å²) in [6.45, 7) is 3.91. The second-order valence-corrected chi connectivity index (χ2v) is 4.34. The van der Waals surface area contributed by atoms with E-state index in [9.17, 15) is 13.2 Å². The van der Waals surface area contributed by atoms with Crippen LogP contribution in [0.25, 0.3) is 0 Å². The van der Waals surface area contributed by atoms with E-state index in [1.165, 1.54) is 7.11 Å². The maximum absolute atomic E-state index is 13.0. The second-order valence-electron chi connectivity index (χ2n) is 4.34. The highest BCUT2D eigenvalue weighted by Crippen LogP contribution is 2.39. The first-order valence-corrected chi connectivity index (χ1v) is 6.19. The fourth-order valence-corrected chi connectivity index (χ4v) is 2.19. The Morgan fingerprint density at radius 2 is 1.89 bits per heavy atom. The van der Waals surface area contributed by atoms with Crippen LogP contribution in [0.3, 0.4) is 0 Å². The standard InChI is InChI=1S/C14H19F3O/c1-4-6-10(5-2)12-8-7-11(18-3)9-13(12)14(15,16)17/h7-10H,4-6H2,1-3H3. The van der Waals surface area contributed by atoms with E-state index in [1.54, 1.807) is 12.1 Å². The lowest BCUT2D eigenvalue weighted by Gasteiger charge is -2.20. The number of ether oxygens (including phenoxy) is 1. The van der Waals surface area contributed by atoms with E-state index >= 15 is 0 Å². The molecule has 1 aromatic rings. The zero-order valence-electron chi connectivity index (χ0n) is 11.0. The van der Waals surface area contributed by atoms with E-state index < -0.39 is 11.7 Å². The number of methoxy groups -OCH3 is 1. The average Bonchev–Trinajstić information content (AvgIpc) is 2.34. The predicted octanol–water partition coefficient (Wildman–Crippen LogP) is 5.01. The lowest BCUT2D eigenvalue weighted by Crippen LogP contribution is -2.12. The van der Waals surface area contributed by atoms with Crippen molar-refractivity contribution in [1.82, 2.24) is 0 Å². The van der Waals surface area contributed by atoms with Gasteiger partial charge >= 0.3 is 6.18 Å². The minimum absolute atomic E-state index is 0.0440. The normalized spacial score (nSPS) is 13.4. The Morgan fingerprint density at radius 1 is 1.22 bits per heavy atom. The van der Waals surface area contributed by atoms with Gasteiger partial charge < -0.3 is 4.74 Å². The van der Waals surface area contributed by atoms with Crippen LogP contribution in [-0.4, -0.2) is 7.11 Å². The van der Waals surface area contributed by atoms with E-state index in [-0.39, 0.29) is 11.7 Å². The summed E-state index contributed by atoms with van der Waals surface area (Å²) in [6, 6.07) is 4.24. The summed E-state index contributed by atoms with van der Waals surface area (Å²) < 4.78 is 44.0. The van der Waals surface area contributed by atoms with Crippen molar-refractivity contribution in [3.05, 3.63) is 29.3 Å². The molecule has 1 rings (SSSR count). The summed E-state index contributed by atoms with van der Waals surface area (Å²) in [4.78, 5) is 0. The quantitative estimate of drug-likeness (QED) is 0.723. The average molecular weight is 260 g/mol. The number of hydrogen-bond acceptors (Lipinski definition) is 1. The Morgan fingerprint density at radius 3 is 2.33 bits per heavy atom. The number of halogens is 3. The molecule has 0 aliphatic rings. The highest BCUT2D eigenvalue weighted by atomic mass is 19.4. The maximum atomic E-state index is 13.0. The van der Waals surface area contributed by atoms with Crippen LogP contribution in [0, 0.1) is 0 Å². The van der Waals surface area contributed by atoms with Crippen molar-refractivity contribution in [3.63, 3.8) is 0 Å². The molecule has 0 spiro atoms. The fraction of sp³-hybridized carbons (Fsp3) is 0.571. The van der Waals surface area contributed by atoms with E-state index in [2.05, 4.69) is 0 Å². The van der Waals surface area contributed by atoms with Crippen molar-refractivity contribution >= 4 is 0 Å². The Bertz CT molecular complexity index is 385. The van der Waals surface area contributed by atoms with Crippen molar-refractivity contribution in [2.45, 2.75) is 45.2 Å². The summed E-state index contributed by atoms with van der Waals surface area (Å²) in [5, 5.41) is 0. The molecule has 1 nitrogen and oxygen atoms in total. The third kappa shape index (κ3) is 3.40. The molecule has 18 heavy (non-hydrogen) atoms. The first-order valence-electron chi connectivity index (χ1n) is 6.19. The van der Waals surface area contributed by atoms with Crippen LogP contribution < -0.4 is 4.74 Å². The molecule has 0 amide bonds. The highest BCUT2D eigenvalue weighted by molar-refractivity contribution is 5.39. The van der Waals surface area contributed by atoms with E-state index in [0.29, 0.717) is 12.0 Å². The third-order valence-corrected chi connectivity index (χ3v) is 3.14. The lowest BCUT2D eigenvalue weighted by molar-refractivity contribution is -0.138. The van der Waals surface area contributed by atoms with Crippen molar-refractivity contribution < 1.29 is 17.9 Å². The summed E-state index contributed by atoms with van der Waals surface area (Å²) in [5.74, 6) is 0.204. The van der Waals surface area contributed by atoms with Crippen molar-refractivity contribution in [2.75, 3.05) is 7.11 Å². The van der Waals surface area contributed by atoms with Gasteiger partial charge in [-0.05, 0) is 36.5 Å². The van der Waals surface area contributed by atoms with Gasteiger partial charge in [0.15, 0.2) is 0 Å². The molecule has 0 fully saturated rings. The minimum atomic E-state index is -4.33. The number of alkyl halides is 3. The summed E-state index contributed by atoms with van der Waals surface area (Å²) >= 11 is 0. The van der Waals surface area contributed by atoms with Crippen molar-refractivity contribution in [3.8, 4) is 5.75 Å². The SMILES string of the molecule is CCCC(CC)c1ccc(OC)cc1C(F)(F)F. The summed E-state index contributed by atoms with van der Waals surface area (Å²) in [7, 11) is 1.37. The van der Waals surface area contributed by atoms with Gasteiger partial charge in [0.1, 0.15) is 5.75 Å². The Balaban J connectivity index is 3.25. The van der Waals surface area contributed by atoms with Gasteiger partial charge in [-0.1, -0.05) is 26.3 Å². The van der Waals surface area contributed by atoms with Crippen LogP contribution in [-0.2, 0) is 6.18 Å².